The molecule has 0 bridgehead atoms. The minimum Gasteiger partial charge on any atom is -0.409 e. The summed E-state index contributed by atoms with van der Waals surface area (Å²) in [6, 6.07) is -0.422. The van der Waals surface area contributed by atoms with Gasteiger partial charge in [0.1, 0.15) is 0 Å². The Hall–Kier alpha value is -1.26. The van der Waals surface area contributed by atoms with Gasteiger partial charge in [0.05, 0.1) is 6.04 Å². The lowest BCUT2D eigenvalue weighted by molar-refractivity contribution is -0.127. The Bertz CT molecular complexity index is 300. The molecular weight excluding hydrogens is 206 g/mol. The average molecular weight is 227 g/mol. The highest BCUT2D eigenvalue weighted by Crippen LogP contribution is 2.42. The molecule has 0 aromatic heterocycles. The predicted molar refractivity (Wildman–Crippen MR) is 62.1 cm³/mol. The number of amidine groups is 1. The van der Waals surface area contributed by atoms with Gasteiger partial charge < -0.3 is 16.3 Å². The van der Waals surface area contributed by atoms with E-state index in [1.165, 1.54) is 0 Å². The first-order valence-electron chi connectivity index (χ1n) is 5.66. The lowest BCUT2D eigenvalue weighted by Crippen LogP contribution is -2.46. The van der Waals surface area contributed by atoms with Crippen molar-refractivity contribution in [1.29, 1.82) is 0 Å². The van der Waals surface area contributed by atoms with Crippen LogP contribution in [-0.4, -0.2) is 23.0 Å². The molecule has 2 atom stereocenters. The third kappa shape index (κ3) is 2.65. The van der Waals surface area contributed by atoms with Gasteiger partial charge in [-0.2, -0.15) is 0 Å². The molecule has 1 fully saturated rings. The van der Waals surface area contributed by atoms with Gasteiger partial charge in [-0.05, 0) is 25.2 Å². The molecule has 5 nitrogen and oxygen atoms in total. The van der Waals surface area contributed by atoms with Gasteiger partial charge in [-0.25, -0.2) is 0 Å². The summed E-state index contributed by atoms with van der Waals surface area (Å²) in [4.78, 5) is 12.0. The van der Waals surface area contributed by atoms with Gasteiger partial charge in [-0.15, -0.1) is 0 Å². The Kier molecular flexibility index (Phi) is 3.78. The topological polar surface area (TPSA) is 87.7 Å². The van der Waals surface area contributed by atoms with Crippen molar-refractivity contribution in [2.75, 3.05) is 0 Å². The maximum absolute atomic E-state index is 12.0. The highest BCUT2D eigenvalue weighted by Gasteiger charge is 2.39. The highest BCUT2D eigenvalue weighted by atomic mass is 16.4. The quantitative estimate of drug-likeness (QED) is 0.291. The predicted octanol–water partition coefficient (Wildman–Crippen LogP) is 1.06. The molecule has 0 aromatic rings. The normalized spacial score (nSPS) is 26.4. The van der Waals surface area contributed by atoms with E-state index in [4.69, 9.17) is 10.9 Å². The van der Waals surface area contributed by atoms with E-state index in [1.807, 2.05) is 0 Å². The van der Waals surface area contributed by atoms with Crippen molar-refractivity contribution in [3.8, 4) is 0 Å². The SMILES string of the molecule is CC(NC(=O)C1CCCC1(C)C)C(N)=NO. The summed E-state index contributed by atoms with van der Waals surface area (Å²) < 4.78 is 0. The first-order valence-corrected chi connectivity index (χ1v) is 5.66. The standard InChI is InChI=1S/C11H21N3O2/c1-7(9(12)14-16)13-10(15)8-5-4-6-11(8,2)3/h7-8,16H,4-6H2,1-3H3,(H2,12,14)(H,13,15). The summed E-state index contributed by atoms with van der Waals surface area (Å²) in [5.41, 5.74) is 5.47. The van der Waals surface area contributed by atoms with E-state index in [1.54, 1.807) is 6.92 Å². The number of hydrogen-bond donors (Lipinski definition) is 3. The first-order chi connectivity index (χ1) is 7.38. The lowest BCUT2D eigenvalue weighted by atomic mass is 9.81. The molecule has 0 saturated heterocycles. The molecule has 4 N–H and O–H groups in total. The summed E-state index contributed by atoms with van der Waals surface area (Å²) in [5.74, 6) is 0.0622. The number of amides is 1. The Morgan fingerprint density at radius 3 is 2.69 bits per heavy atom. The molecule has 0 radical (unpaired) electrons. The number of nitrogens with zero attached hydrogens (tertiary/aromatic N) is 1. The molecule has 1 aliphatic carbocycles. The third-order valence-corrected chi connectivity index (χ3v) is 3.49. The van der Waals surface area contributed by atoms with Gasteiger partial charge in [-0.1, -0.05) is 25.4 Å². The van der Waals surface area contributed by atoms with Gasteiger partial charge in [0, 0.05) is 5.92 Å². The van der Waals surface area contributed by atoms with E-state index < -0.39 is 6.04 Å². The number of rotatable bonds is 3. The summed E-state index contributed by atoms with van der Waals surface area (Å²) in [6.45, 7) is 5.92. The van der Waals surface area contributed by atoms with Crippen molar-refractivity contribution >= 4 is 11.7 Å². The minimum absolute atomic E-state index is 0.00148. The van der Waals surface area contributed by atoms with Gasteiger partial charge >= 0.3 is 0 Å². The fourth-order valence-electron chi connectivity index (χ4n) is 2.29. The number of carbonyl (C=O) groups excluding carboxylic acids is 1. The number of nitrogens with one attached hydrogen (secondary N) is 1. The van der Waals surface area contributed by atoms with Gasteiger partial charge in [-0.3, -0.25) is 4.79 Å². The first kappa shape index (κ1) is 12.8. The zero-order valence-corrected chi connectivity index (χ0v) is 10.2. The second-order valence-corrected chi connectivity index (χ2v) is 5.19. The second-order valence-electron chi connectivity index (χ2n) is 5.19. The van der Waals surface area contributed by atoms with Gasteiger partial charge in [0.25, 0.3) is 0 Å². The summed E-state index contributed by atoms with van der Waals surface area (Å²) in [5, 5.41) is 14.2. The van der Waals surface area contributed by atoms with E-state index >= 15 is 0 Å². The number of oxime groups is 1. The Labute approximate surface area is 96.1 Å². The molecule has 1 rings (SSSR count). The van der Waals surface area contributed by atoms with Crippen molar-refractivity contribution < 1.29 is 10.0 Å². The summed E-state index contributed by atoms with van der Waals surface area (Å²) in [7, 11) is 0. The zero-order valence-electron chi connectivity index (χ0n) is 10.2. The molecular formula is C11H21N3O2. The van der Waals surface area contributed by atoms with Crippen LogP contribution >= 0.6 is 0 Å². The molecule has 1 saturated carbocycles. The Morgan fingerprint density at radius 1 is 1.62 bits per heavy atom. The molecule has 0 spiro atoms. The molecule has 1 aliphatic rings. The molecule has 2 unspecified atom stereocenters. The smallest absolute Gasteiger partial charge is 0.224 e. The molecule has 16 heavy (non-hydrogen) atoms. The lowest BCUT2D eigenvalue weighted by Gasteiger charge is -2.27. The molecule has 0 aliphatic heterocycles. The van der Waals surface area contributed by atoms with Crippen molar-refractivity contribution in [1.82, 2.24) is 5.32 Å². The largest absolute Gasteiger partial charge is 0.409 e. The van der Waals surface area contributed by atoms with Crippen LogP contribution in [0.25, 0.3) is 0 Å². The zero-order chi connectivity index (χ0) is 12.3. The average Bonchev–Trinajstić information content (AvgIpc) is 2.56. The van der Waals surface area contributed by atoms with E-state index in [-0.39, 0.29) is 23.1 Å². The maximum atomic E-state index is 12.0. The second kappa shape index (κ2) is 4.72. The van der Waals surface area contributed by atoms with Crippen LogP contribution in [0.1, 0.15) is 40.0 Å². The van der Waals surface area contributed by atoms with E-state index in [9.17, 15) is 4.79 Å². The van der Waals surface area contributed by atoms with Crippen LogP contribution in [0.15, 0.2) is 5.16 Å². The van der Waals surface area contributed by atoms with Crippen LogP contribution in [0.3, 0.4) is 0 Å². The van der Waals surface area contributed by atoms with Crippen molar-refractivity contribution in [3.63, 3.8) is 0 Å². The van der Waals surface area contributed by atoms with Crippen molar-refractivity contribution in [3.05, 3.63) is 0 Å². The number of hydrogen-bond acceptors (Lipinski definition) is 3. The summed E-state index contributed by atoms with van der Waals surface area (Å²) in [6.07, 6.45) is 3.08. The van der Waals surface area contributed by atoms with Crippen molar-refractivity contribution in [2.45, 2.75) is 46.1 Å². The molecule has 1 amide bonds. The van der Waals surface area contributed by atoms with Gasteiger partial charge in [0.15, 0.2) is 5.84 Å². The van der Waals surface area contributed by atoms with Crippen LogP contribution in [-0.2, 0) is 4.79 Å². The van der Waals surface area contributed by atoms with Crippen molar-refractivity contribution in [2.24, 2.45) is 22.2 Å². The van der Waals surface area contributed by atoms with E-state index in [0.29, 0.717) is 0 Å². The van der Waals surface area contributed by atoms with E-state index in [2.05, 4.69) is 24.3 Å². The van der Waals surface area contributed by atoms with Crippen LogP contribution in [0.5, 0.6) is 0 Å². The molecule has 0 aromatic carbocycles. The van der Waals surface area contributed by atoms with Crippen LogP contribution in [0.2, 0.25) is 0 Å². The van der Waals surface area contributed by atoms with Crippen LogP contribution in [0.4, 0.5) is 0 Å². The minimum atomic E-state index is -0.422. The maximum Gasteiger partial charge on any atom is 0.224 e. The third-order valence-electron chi connectivity index (χ3n) is 3.49. The van der Waals surface area contributed by atoms with Gasteiger partial charge in [0.2, 0.25) is 5.91 Å². The fraction of sp³-hybridized carbons (Fsp3) is 0.818. The van der Waals surface area contributed by atoms with E-state index in [0.717, 1.165) is 19.3 Å². The Balaban J connectivity index is 2.59. The number of carbonyl (C=O) groups is 1. The molecule has 5 heteroatoms. The fourth-order valence-corrected chi connectivity index (χ4v) is 2.29. The number of nitrogens with two attached hydrogens (primary N) is 1. The molecule has 0 heterocycles. The highest BCUT2D eigenvalue weighted by molar-refractivity contribution is 5.90. The van der Waals surface area contributed by atoms with Crippen LogP contribution < -0.4 is 11.1 Å². The summed E-state index contributed by atoms with van der Waals surface area (Å²) >= 11 is 0. The Morgan fingerprint density at radius 2 is 2.25 bits per heavy atom. The molecule has 92 valence electrons. The van der Waals surface area contributed by atoms with Crippen LogP contribution in [0, 0.1) is 11.3 Å². The monoisotopic (exact) mass is 227 g/mol.